The third-order valence-corrected chi connectivity index (χ3v) is 4.18. The van der Waals surface area contributed by atoms with E-state index in [0.717, 1.165) is 22.3 Å². The van der Waals surface area contributed by atoms with E-state index in [4.69, 9.17) is 5.11 Å². The number of hydrogen-bond donors (Lipinski definition) is 1. The molecule has 3 aromatic rings. The van der Waals surface area contributed by atoms with Gasteiger partial charge in [0.1, 0.15) is 0 Å². The molecule has 2 heterocycles. The molecule has 4 rings (SSSR count). The number of hydrogen-bond acceptors (Lipinski definition) is 4. The average Bonchev–Trinajstić information content (AvgIpc) is 2.94. The maximum absolute atomic E-state index is 10.9. The van der Waals surface area contributed by atoms with E-state index in [1.807, 2.05) is 35.1 Å². The number of fused-ring (bicyclic) bond motifs is 1. The highest BCUT2D eigenvalue weighted by Crippen LogP contribution is 2.38. The second kappa shape index (κ2) is 4.91. The highest BCUT2D eigenvalue weighted by Gasteiger charge is 2.36. The van der Waals surface area contributed by atoms with Gasteiger partial charge in [0, 0.05) is 11.8 Å². The van der Waals surface area contributed by atoms with Gasteiger partial charge in [-0.05, 0) is 25.0 Å². The van der Waals surface area contributed by atoms with Gasteiger partial charge >= 0.3 is 5.97 Å². The van der Waals surface area contributed by atoms with Crippen molar-refractivity contribution < 1.29 is 9.90 Å². The molecule has 2 aromatic heterocycles. The zero-order valence-electron chi connectivity index (χ0n) is 11.8. The number of aromatic nitrogens is 4. The zero-order valence-corrected chi connectivity index (χ0v) is 11.8. The third-order valence-electron chi connectivity index (χ3n) is 4.18. The van der Waals surface area contributed by atoms with Gasteiger partial charge in [-0.25, -0.2) is 4.98 Å². The first-order valence-electron chi connectivity index (χ1n) is 7.20. The lowest BCUT2D eigenvalue weighted by Gasteiger charge is -2.32. The van der Waals surface area contributed by atoms with E-state index in [2.05, 4.69) is 15.1 Å². The Hall–Kier alpha value is -2.76. The third kappa shape index (κ3) is 2.13. The first-order chi connectivity index (χ1) is 10.7. The second-order valence-electron chi connectivity index (χ2n) is 5.61. The first kappa shape index (κ1) is 12.9. The van der Waals surface area contributed by atoms with E-state index in [0.29, 0.717) is 12.8 Å². The summed E-state index contributed by atoms with van der Waals surface area (Å²) >= 11 is 0. The van der Waals surface area contributed by atoms with Gasteiger partial charge < -0.3 is 5.11 Å². The summed E-state index contributed by atoms with van der Waals surface area (Å²) in [4.78, 5) is 19.9. The number of aliphatic carboxylic acids is 1. The minimum Gasteiger partial charge on any atom is -0.481 e. The SMILES string of the molecule is O=C(O)[C@H]1C[C@H](n2cc(-c3cnc4ccccc4n3)cn2)C1. The van der Waals surface area contributed by atoms with Gasteiger partial charge in [0.25, 0.3) is 0 Å². The molecule has 0 spiro atoms. The Kier molecular flexibility index (Phi) is 2.89. The molecule has 1 fully saturated rings. The maximum Gasteiger partial charge on any atom is 0.306 e. The summed E-state index contributed by atoms with van der Waals surface area (Å²) in [7, 11) is 0. The summed E-state index contributed by atoms with van der Waals surface area (Å²) < 4.78 is 1.84. The normalized spacial score (nSPS) is 20.7. The minimum absolute atomic E-state index is 0.170. The highest BCUT2D eigenvalue weighted by molar-refractivity contribution is 5.76. The number of carboxylic acid groups (broad SMARTS) is 1. The molecular formula is C16H14N4O2. The van der Waals surface area contributed by atoms with Crippen molar-refractivity contribution in [2.45, 2.75) is 18.9 Å². The number of nitrogens with zero attached hydrogens (tertiary/aromatic N) is 4. The molecule has 6 heteroatoms. The van der Waals surface area contributed by atoms with E-state index < -0.39 is 5.97 Å². The van der Waals surface area contributed by atoms with E-state index in [1.165, 1.54) is 0 Å². The lowest BCUT2D eigenvalue weighted by atomic mass is 9.80. The smallest absolute Gasteiger partial charge is 0.306 e. The molecule has 110 valence electrons. The van der Waals surface area contributed by atoms with Crippen LogP contribution in [-0.4, -0.2) is 30.8 Å². The molecule has 1 aromatic carbocycles. The van der Waals surface area contributed by atoms with Gasteiger partial charge in [0.05, 0.1) is 41.1 Å². The summed E-state index contributed by atoms with van der Waals surface area (Å²) in [6, 6.07) is 7.90. The molecule has 22 heavy (non-hydrogen) atoms. The van der Waals surface area contributed by atoms with Gasteiger partial charge in [-0.15, -0.1) is 0 Å². The molecule has 0 saturated heterocycles. The molecule has 1 saturated carbocycles. The fourth-order valence-electron chi connectivity index (χ4n) is 2.77. The van der Waals surface area contributed by atoms with E-state index >= 15 is 0 Å². The molecule has 1 aliphatic rings. The molecular weight excluding hydrogens is 280 g/mol. The van der Waals surface area contributed by atoms with Crippen LogP contribution in [0.5, 0.6) is 0 Å². The number of carbonyl (C=O) groups is 1. The predicted molar refractivity (Wildman–Crippen MR) is 80.2 cm³/mol. The van der Waals surface area contributed by atoms with Gasteiger partial charge in [0.2, 0.25) is 0 Å². The van der Waals surface area contributed by atoms with E-state index in [9.17, 15) is 4.79 Å². The standard InChI is InChI=1S/C16H14N4O2/c21-16(22)10-5-12(6-10)20-9-11(7-18-20)15-8-17-13-3-1-2-4-14(13)19-15/h1-4,7-10,12H,5-6H2,(H,21,22)/t10-,12-. The molecule has 0 unspecified atom stereocenters. The second-order valence-corrected chi connectivity index (χ2v) is 5.61. The van der Waals surface area contributed by atoms with Crippen LogP contribution in [0.15, 0.2) is 42.9 Å². The van der Waals surface area contributed by atoms with Crippen LogP contribution >= 0.6 is 0 Å². The maximum atomic E-state index is 10.9. The molecule has 1 N–H and O–H groups in total. The van der Waals surface area contributed by atoms with Gasteiger partial charge in [-0.3, -0.25) is 14.5 Å². The number of para-hydroxylation sites is 2. The highest BCUT2D eigenvalue weighted by atomic mass is 16.4. The Bertz CT molecular complexity index is 852. The van der Waals surface area contributed by atoms with Crippen molar-refractivity contribution in [1.29, 1.82) is 0 Å². The summed E-state index contributed by atoms with van der Waals surface area (Å²) in [5, 5.41) is 13.3. The topological polar surface area (TPSA) is 80.9 Å². The number of rotatable bonds is 3. The predicted octanol–water partition coefficient (Wildman–Crippen LogP) is 2.53. The van der Waals surface area contributed by atoms with E-state index in [-0.39, 0.29) is 12.0 Å². The Labute approximate surface area is 126 Å². The number of benzene rings is 1. The van der Waals surface area contributed by atoms with Crippen molar-refractivity contribution in [3.05, 3.63) is 42.9 Å². The van der Waals surface area contributed by atoms with Crippen LogP contribution < -0.4 is 0 Å². The summed E-state index contributed by atoms with van der Waals surface area (Å²) in [5.41, 5.74) is 3.39. The first-order valence-corrected chi connectivity index (χ1v) is 7.20. The lowest BCUT2D eigenvalue weighted by molar-refractivity contribution is -0.146. The van der Waals surface area contributed by atoms with Crippen LogP contribution in [0.3, 0.4) is 0 Å². The fraction of sp³-hybridized carbons (Fsp3) is 0.250. The Balaban J connectivity index is 1.59. The summed E-state index contributed by atoms with van der Waals surface area (Å²) in [6.45, 7) is 0. The van der Waals surface area contributed by atoms with Crippen LogP contribution in [0, 0.1) is 5.92 Å². The molecule has 1 aliphatic carbocycles. The van der Waals surface area contributed by atoms with Crippen molar-refractivity contribution in [1.82, 2.24) is 19.7 Å². The molecule has 0 aliphatic heterocycles. The Morgan fingerprint density at radius 1 is 1.18 bits per heavy atom. The summed E-state index contributed by atoms with van der Waals surface area (Å²) in [6.07, 6.45) is 6.69. The Morgan fingerprint density at radius 3 is 2.73 bits per heavy atom. The minimum atomic E-state index is -0.718. The average molecular weight is 294 g/mol. The molecule has 0 atom stereocenters. The fourth-order valence-corrected chi connectivity index (χ4v) is 2.77. The molecule has 0 bridgehead atoms. The molecule has 0 radical (unpaired) electrons. The van der Waals surface area contributed by atoms with Crippen LogP contribution in [0.1, 0.15) is 18.9 Å². The monoisotopic (exact) mass is 294 g/mol. The Morgan fingerprint density at radius 2 is 1.95 bits per heavy atom. The van der Waals surface area contributed by atoms with Crippen LogP contribution in [-0.2, 0) is 4.79 Å². The largest absolute Gasteiger partial charge is 0.481 e. The number of carboxylic acids is 1. The van der Waals surface area contributed by atoms with Crippen molar-refractivity contribution in [3.8, 4) is 11.3 Å². The van der Waals surface area contributed by atoms with Gasteiger partial charge in [-0.1, -0.05) is 12.1 Å². The van der Waals surface area contributed by atoms with Gasteiger partial charge in [-0.2, -0.15) is 5.10 Å². The van der Waals surface area contributed by atoms with Gasteiger partial charge in [0.15, 0.2) is 0 Å². The van der Waals surface area contributed by atoms with Crippen LogP contribution in [0.25, 0.3) is 22.3 Å². The van der Waals surface area contributed by atoms with Crippen LogP contribution in [0.2, 0.25) is 0 Å². The quantitative estimate of drug-likeness (QED) is 0.802. The van der Waals surface area contributed by atoms with Crippen molar-refractivity contribution >= 4 is 17.0 Å². The van der Waals surface area contributed by atoms with Crippen LogP contribution in [0.4, 0.5) is 0 Å². The van der Waals surface area contributed by atoms with E-state index in [1.54, 1.807) is 12.4 Å². The lowest BCUT2D eigenvalue weighted by Crippen LogP contribution is -2.32. The van der Waals surface area contributed by atoms with Crippen molar-refractivity contribution in [2.24, 2.45) is 5.92 Å². The molecule has 0 amide bonds. The van der Waals surface area contributed by atoms with Crippen molar-refractivity contribution in [3.63, 3.8) is 0 Å². The summed E-state index contributed by atoms with van der Waals surface area (Å²) in [5.74, 6) is -0.956. The zero-order chi connectivity index (χ0) is 15.1. The molecule has 6 nitrogen and oxygen atoms in total. The van der Waals surface area contributed by atoms with Crippen molar-refractivity contribution in [2.75, 3.05) is 0 Å².